The van der Waals surface area contributed by atoms with Crippen LogP contribution in [0.25, 0.3) is 0 Å². The summed E-state index contributed by atoms with van der Waals surface area (Å²) in [5.74, 6) is -0.132. The molecule has 0 saturated carbocycles. The third-order valence-corrected chi connectivity index (χ3v) is 3.36. The van der Waals surface area contributed by atoms with Crippen molar-refractivity contribution >= 4 is 16.0 Å². The van der Waals surface area contributed by atoms with Crippen molar-refractivity contribution in [1.82, 2.24) is 4.90 Å². The molecule has 0 bridgehead atoms. The summed E-state index contributed by atoms with van der Waals surface area (Å²) in [6.45, 7) is 0.416. The van der Waals surface area contributed by atoms with Crippen LogP contribution in [0, 0.1) is 0 Å². The zero-order valence-electron chi connectivity index (χ0n) is 10.5. The van der Waals surface area contributed by atoms with Gasteiger partial charge < -0.3 is 4.90 Å². The Morgan fingerprint density at radius 3 is 2.68 bits per heavy atom. The van der Waals surface area contributed by atoms with Crippen LogP contribution in [0.5, 0.6) is 0 Å². The molecule has 0 fully saturated rings. The van der Waals surface area contributed by atoms with Crippen LogP contribution in [0.1, 0.15) is 10.4 Å². The van der Waals surface area contributed by atoms with Crippen LogP contribution < -0.4 is 0 Å². The summed E-state index contributed by atoms with van der Waals surface area (Å²) in [5, 5.41) is 0. The molecule has 1 heterocycles. The van der Waals surface area contributed by atoms with Gasteiger partial charge in [-0.25, -0.2) is 0 Å². The molecule has 102 valence electrons. The summed E-state index contributed by atoms with van der Waals surface area (Å²) >= 11 is 0. The second kappa shape index (κ2) is 5.54. The molecule has 6 heteroatoms. The normalized spacial score (nSPS) is 18.8. The van der Waals surface area contributed by atoms with Gasteiger partial charge in [-0.05, 0) is 12.1 Å². The molecule has 1 aromatic rings. The van der Waals surface area contributed by atoms with E-state index in [0.29, 0.717) is 12.1 Å². The Morgan fingerprint density at radius 1 is 1.37 bits per heavy atom. The minimum atomic E-state index is -3.50. The fourth-order valence-electron chi connectivity index (χ4n) is 1.89. The van der Waals surface area contributed by atoms with Crippen molar-refractivity contribution in [1.29, 1.82) is 0 Å². The third-order valence-electron chi connectivity index (χ3n) is 2.80. The molecule has 19 heavy (non-hydrogen) atoms. The van der Waals surface area contributed by atoms with Crippen LogP contribution in [-0.4, -0.2) is 44.7 Å². The molecule has 0 spiro atoms. The van der Waals surface area contributed by atoms with E-state index in [2.05, 4.69) is 0 Å². The average molecular weight is 281 g/mol. The van der Waals surface area contributed by atoms with Gasteiger partial charge in [-0.15, -0.1) is 0 Å². The highest BCUT2D eigenvalue weighted by Crippen LogP contribution is 2.15. The zero-order valence-corrected chi connectivity index (χ0v) is 11.3. The largest absolute Gasteiger partial charge is 0.326 e. The fourth-order valence-corrected chi connectivity index (χ4v) is 2.28. The van der Waals surface area contributed by atoms with Crippen molar-refractivity contribution in [3.8, 4) is 0 Å². The first-order chi connectivity index (χ1) is 8.97. The molecular weight excluding hydrogens is 266 g/mol. The number of benzene rings is 1. The van der Waals surface area contributed by atoms with Crippen LogP contribution in [0.3, 0.4) is 0 Å². The predicted molar refractivity (Wildman–Crippen MR) is 71.2 cm³/mol. The Hall–Kier alpha value is -1.66. The van der Waals surface area contributed by atoms with Gasteiger partial charge in [0.15, 0.2) is 0 Å². The van der Waals surface area contributed by atoms with Gasteiger partial charge in [0, 0.05) is 12.1 Å². The monoisotopic (exact) mass is 281 g/mol. The van der Waals surface area contributed by atoms with Gasteiger partial charge in [0.1, 0.15) is 0 Å². The lowest BCUT2D eigenvalue weighted by molar-refractivity contribution is 0.0714. The smallest absolute Gasteiger partial charge is 0.264 e. The summed E-state index contributed by atoms with van der Waals surface area (Å²) < 4.78 is 26.7. The lowest BCUT2D eigenvalue weighted by Crippen LogP contribution is -2.39. The summed E-state index contributed by atoms with van der Waals surface area (Å²) in [6, 6.07) is 8.54. The Labute approximate surface area is 112 Å². The van der Waals surface area contributed by atoms with Crippen molar-refractivity contribution in [2.45, 2.75) is 6.04 Å². The second-order valence-corrected chi connectivity index (χ2v) is 5.95. The van der Waals surface area contributed by atoms with Gasteiger partial charge in [0.05, 0.1) is 18.9 Å². The molecule has 1 unspecified atom stereocenters. The lowest BCUT2D eigenvalue weighted by atomic mass is 10.2. The molecule has 5 nitrogen and oxygen atoms in total. The Kier molecular flexibility index (Phi) is 4.01. The molecule has 0 aromatic heterocycles. The van der Waals surface area contributed by atoms with Gasteiger partial charge in [0.25, 0.3) is 16.0 Å². The quantitative estimate of drug-likeness (QED) is 0.611. The van der Waals surface area contributed by atoms with Crippen molar-refractivity contribution < 1.29 is 17.4 Å². The van der Waals surface area contributed by atoms with E-state index in [0.717, 1.165) is 6.26 Å². The minimum absolute atomic E-state index is 0.0477. The number of amides is 1. The first-order valence-corrected chi connectivity index (χ1v) is 7.66. The molecule has 0 radical (unpaired) electrons. The number of carbonyl (C=O) groups excluding carboxylic acids is 1. The van der Waals surface area contributed by atoms with E-state index in [9.17, 15) is 13.2 Å². The fraction of sp³-hybridized carbons (Fsp3) is 0.308. The average Bonchev–Trinajstić information content (AvgIpc) is 2.84. The van der Waals surface area contributed by atoms with Crippen LogP contribution in [0.2, 0.25) is 0 Å². The van der Waals surface area contributed by atoms with E-state index in [1.165, 1.54) is 0 Å². The summed E-state index contributed by atoms with van der Waals surface area (Å²) in [4.78, 5) is 13.8. The number of hydrogen-bond donors (Lipinski definition) is 0. The zero-order chi connectivity index (χ0) is 13.9. The summed E-state index contributed by atoms with van der Waals surface area (Å²) in [6.07, 6.45) is 4.61. The molecule has 0 N–H and O–H groups in total. The van der Waals surface area contributed by atoms with E-state index in [1.807, 2.05) is 12.1 Å². The molecule has 1 atom stereocenters. The molecule has 1 aliphatic rings. The highest BCUT2D eigenvalue weighted by molar-refractivity contribution is 7.85. The van der Waals surface area contributed by atoms with E-state index < -0.39 is 10.1 Å². The standard InChI is InChI=1S/C13H15NO4S/c1-19(16,17)18-10-12-8-5-9-14(12)13(15)11-6-3-2-4-7-11/h2-8,12H,9-10H2,1H3. The number of rotatable bonds is 4. The molecule has 1 aliphatic heterocycles. The SMILES string of the molecule is CS(=O)(=O)OCC1C=CCN1C(=O)c1ccccc1. The molecule has 2 rings (SSSR count). The molecular formula is C13H15NO4S. The van der Waals surface area contributed by atoms with Crippen LogP contribution in [-0.2, 0) is 14.3 Å². The van der Waals surface area contributed by atoms with Crippen LogP contribution >= 0.6 is 0 Å². The maximum absolute atomic E-state index is 12.3. The first kappa shape index (κ1) is 13.8. The van der Waals surface area contributed by atoms with E-state index >= 15 is 0 Å². The van der Waals surface area contributed by atoms with E-state index in [1.54, 1.807) is 35.2 Å². The van der Waals surface area contributed by atoms with Crippen molar-refractivity contribution in [2.24, 2.45) is 0 Å². The maximum atomic E-state index is 12.3. The Bertz CT molecular complexity index is 580. The predicted octanol–water partition coefficient (Wildman–Crippen LogP) is 1.04. The molecule has 1 amide bonds. The van der Waals surface area contributed by atoms with Crippen molar-refractivity contribution in [3.63, 3.8) is 0 Å². The highest BCUT2D eigenvalue weighted by atomic mass is 32.2. The Morgan fingerprint density at radius 2 is 2.05 bits per heavy atom. The van der Waals surface area contributed by atoms with Gasteiger partial charge in [-0.3, -0.25) is 8.98 Å². The summed E-state index contributed by atoms with van der Waals surface area (Å²) in [5.41, 5.74) is 0.579. The van der Waals surface area contributed by atoms with Gasteiger partial charge in [-0.1, -0.05) is 30.4 Å². The maximum Gasteiger partial charge on any atom is 0.264 e. The minimum Gasteiger partial charge on any atom is -0.326 e. The third kappa shape index (κ3) is 3.65. The number of nitrogens with zero attached hydrogens (tertiary/aromatic N) is 1. The van der Waals surface area contributed by atoms with Gasteiger partial charge in [0.2, 0.25) is 0 Å². The summed E-state index contributed by atoms with van der Waals surface area (Å²) in [7, 11) is -3.50. The van der Waals surface area contributed by atoms with Gasteiger partial charge >= 0.3 is 0 Å². The molecule has 1 aromatic carbocycles. The van der Waals surface area contributed by atoms with Crippen LogP contribution in [0.4, 0.5) is 0 Å². The Balaban J connectivity index is 2.06. The van der Waals surface area contributed by atoms with Crippen molar-refractivity contribution in [2.75, 3.05) is 19.4 Å². The number of hydrogen-bond acceptors (Lipinski definition) is 4. The van der Waals surface area contributed by atoms with Crippen molar-refractivity contribution in [3.05, 3.63) is 48.0 Å². The topological polar surface area (TPSA) is 63.7 Å². The van der Waals surface area contributed by atoms with Crippen LogP contribution in [0.15, 0.2) is 42.5 Å². The molecule has 0 saturated heterocycles. The lowest BCUT2D eigenvalue weighted by Gasteiger charge is -2.24. The van der Waals surface area contributed by atoms with E-state index in [-0.39, 0.29) is 18.6 Å². The second-order valence-electron chi connectivity index (χ2n) is 4.31. The van der Waals surface area contributed by atoms with E-state index in [4.69, 9.17) is 4.18 Å². The highest BCUT2D eigenvalue weighted by Gasteiger charge is 2.26. The number of carbonyl (C=O) groups is 1. The first-order valence-electron chi connectivity index (χ1n) is 5.84. The molecule has 0 aliphatic carbocycles. The van der Waals surface area contributed by atoms with Gasteiger partial charge in [-0.2, -0.15) is 8.42 Å².